The van der Waals surface area contributed by atoms with Crippen LogP contribution in [0.15, 0.2) is 83.8 Å². The second-order valence-corrected chi connectivity index (χ2v) is 9.04. The number of nitrogens with zero attached hydrogens (tertiary/aromatic N) is 2. The lowest BCUT2D eigenvalue weighted by Crippen LogP contribution is -2.32. The minimum absolute atomic E-state index is 0.0531. The third kappa shape index (κ3) is 4.94. The molecule has 0 radical (unpaired) electrons. The molecule has 3 rings (SSSR count). The average Bonchev–Trinajstić information content (AvgIpc) is 2.84. The van der Waals surface area contributed by atoms with Crippen molar-refractivity contribution in [1.82, 2.24) is 4.90 Å². The molecular formula is C25H28N2O4S. The molecule has 0 saturated heterocycles. The molecule has 6 nitrogen and oxygen atoms in total. The van der Waals surface area contributed by atoms with Gasteiger partial charge < -0.3 is 9.64 Å². The van der Waals surface area contributed by atoms with Gasteiger partial charge in [0, 0.05) is 18.7 Å². The number of carbonyl (C=O) groups is 1. The minimum Gasteiger partial charge on any atom is -0.495 e. The van der Waals surface area contributed by atoms with Crippen LogP contribution < -0.4 is 9.04 Å². The number of benzene rings is 3. The Morgan fingerprint density at radius 1 is 0.875 bits per heavy atom. The molecule has 0 N–H and O–H groups in total. The molecule has 168 valence electrons. The summed E-state index contributed by atoms with van der Waals surface area (Å²) in [6.07, 6.45) is 0. The molecule has 0 fully saturated rings. The van der Waals surface area contributed by atoms with Crippen LogP contribution in [0.4, 0.5) is 5.69 Å². The molecule has 0 unspecified atom stereocenters. The Bertz CT molecular complexity index is 1160. The lowest BCUT2D eigenvalue weighted by Gasteiger charge is -2.26. The fourth-order valence-electron chi connectivity index (χ4n) is 3.49. The smallest absolute Gasteiger partial charge is 0.264 e. The van der Waals surface area contributed by atoms with Crippen LogP contribution in [0.3, 0.4) is 0 Å². The number of hydrogen-bond donors (Lipinski definition) is 0. The zero-order valence-corrected chi connectivity index (χ0v) is 19.4. The van der Waals surface area contributed by atoms with Crippen molar-refractivity contribution < 1.29 is 17.9 Å². The Labute approximate surface area is 190 Å². The van der Waals surface area contributed by atoms with Gasteiger partial charge in [0.15, 0.2) is 0 Å². The number of anilines is 1. The average molecular weight is 453 g/mol. The standard InChI is InChI=1S/C25H28N2O4S/c1-4-26(5-2)25(28)21-14-11-15-22(18-21)32(29,30)27(19-20-12-7-6-8-13-20)23-16-9-10-17-24(23)31-3/h6-18H,4-5,19H2,1-3H3. The highest BCUT2D eigenvalue weighted by Gasteiger charge is 2.28. The zero-order chi connectivity index (χ0) is 23.1. The van der Waals surface area contributed by atoms with Gasteiger partial charge in [-0.1, -0.05) is 48.5 Å². The van der Waals surface area contributed by atoms with Gasteiger partial charge in [-0.05, 0) is 49.7 Å². The minimum atomic E-state index is -4.00. The van der Waals surface area contributed by atoms with E-state index in [2.05, 4.69) is 0 Å². The molecule has 0 heterocycles. The van der Waals surface area contributed by atoms with E-state index in [1.54, 1.807) is 41.3 Å². The van der Waals surface area contributed by atoms with Crippen LogP contribution in [0, 0.1) is 0 Å². The Morgan fingerprint density at radius 2 is 1.53 bits per heavy atom. The maximum atomic E-state index is 13.8. The zero-order valence-electron chi connectivity index (χ0n) is 18.6. The largest absolute Gasteiger partial charge is 0.495 e. The summed E-state index contributed by atoms with van der Waals surface area (Å²) in [7, 11) is -2.49. The Morgan fingerprint density at radius 3 is 2.19 bits per heavy atom. The van der Waals surface area contributed by atoms with Gasteiger partial charge in [-0.15, -0.1) is 0 Å². The highest BCUT2D eigenvalue weighted by Crippen LogP contribution is 2.33. The topological polar surface area (TPSA) is 66.9 Å². The van der Waals surface area contributed by atoms with E-state index in [-0.39, 0.29) is 17.3 Å². The molecular weight excluding hydrogens is 424 g/mol. The number of para-hydroxylation sites is 2. The summed E-state index contributed by atoms with van der Waals surface area (Å²) in [5.41, 5.74) is 1.60. The van der Waals surface area contributed by atoms with Crippen molar-refractivity contribution in [2.45, 2.75) is 25.3 Å². The second kappa shape index (κ2) is 10.3. The van der Waals surface area contributed by atoms with Gasteiger partial charge in [-0.25, -0.2) is 8.42 Å². The normalized spacial score (nSPS) is 11.1. The highest BCUT2D eigenvalue weighted by molar-refractivity contribution is 7.92. The molecule has 0 bridgehead atoms. The van der Waals surface area contributed by atoms with Crippen LogP contribution >= 0.6 is 0 Å². The Hall–Kier alpha value is -3.32. The maximum Gasteiger partial charge on any atom is 0.264 e. The first-order valence-corrected chi connectivity index (χ1v) is 11.9. The molecule has 1 amide bonds. The summed E-state index contributed by atoms with van der Waals surface area (Å²) in [6, 6.07) is 22.6. The summed E-state index contributed by atoms with van der Waals surface area (Å²) in [4.78, 5) is 14.5. The van der Waals surface area contributed by atoms with Crippen LogP contribution in [-0.4, -0.2) is 39.4 Å². The van der Waals surface area contributed by atoms with Crippen molar-refractivity contribution in [3.8, 4) is 5.75 Å². The van der Waals surface area contributed by atoms with E-state index in [9.17, 15) is 13.2 Å². The molecule has 7 heteroatoms. The van der Waals surface area contributed by atoms with Crippen molar-refractivity contribution in [2.75, 3.05) is 24.5 Å². The van der Waals surface area contributed by atoms with Gasteiger partial charge in [0.05, 0.1) is 24.2 Å². The molecule has 0 aliphatic heterocycles. The first kappa shape index (κ1) is 23.3. The van der Waals surface area contributed by atoms with Gasteiger partial charge in [0.1, 0.15) is 5.75 Å². The maximum absolute atomic E-state index is 13.8. The molecule has 3 aromatic rings. The quantitative estimate of drug-likeness (QED) is 0.477. The lowest BCUT2D eigenvalue weighted by atomic mass is 10.2. The van der Waals surface area contributed by atoms with Gasteiger partial charge in [-0.2, -0.15) is 0 Å². The van der Waals surface area contributed by atoms with E-state index in [0.29, 0.717) is 30.1 Å². The number of rotatable bonds is 9. The summed E-state index contributed by atoms with van der Waals surface area (Å²) in [6.45, 7) is 5.01. The van der Waals surface area contributed by atoms with Gasteiger partial charge in [-0.3, -0.25) is 9.10 Å². The van der Waals surface area contributed by atoms with Gasteiger partial charge in [0.25, 0.3) is 15.9 Å². The third-order valence-electron chi connectivity index (χ3n) is 5.24. The molecule has 0 atom stereocenters. The van der Waals surface area contributed by atoms with E-state index in [4.69, 9.17) is 4.74 Å². The predicted octanol–water partition coefficient (Wildman–Crippen LogP) is 4.57. The van der Waals surface area contributed by atoms with Crippen LogP contribution in [0.1, 0.15) is 29.8 Å². The molecule has 0 aliphatic carbocycles. The van der Waals surface area contributed by atoms with Gasteiger partial charge >= 0.3 is 0 Å². The van der Waals surface area contributed by atoms with Crippen LogP contribution in [0.25, 0.3) is 0 Å². The molecule has 3 aromatic carbocycles. The lowest BCUT2D eigenvalue weighted by molar-refractivity contribution is 0.0772. The number of carbonyl (C=O) groups excluding carboxylic acids is 1. The van der Waals surface area contributed by atoms with E-state index in [1.807, 2.05) is 44.2 Å². The summed E-state index contributed by atoms with van der Waals surface area (Å²) < 4.78 is 34.4. The first-order valence-electron chi connectivity index (χ1n) is 10.5. The van der Waals surface area contributed by atoms with E-state index in [0.717, 1.165) is 5.56 Å². The monoisotopic (exact) mass is 452 g/mol. The number of sulfonamides is 1. The van der Waals surface area contributed by atoms with Gasteiger partial charge in [0.2, 0.25) is 0 Å². The van der Waals surface area contributed by atoms with Crippen molar-refractivity contribution in [1.29, 1.82) is 0 Å². The molecule has 32 heavy (non-hydrogen) atoms. The summed E-state index contributed by atoms with van der Waals surface area (Å²) in [5, 5.41) is 0. The van der Waals surface area contributed by atoms with Crippen LogP contribution in [0.5, 0.6) is 5.75 Å². The summed E-state index contributed by atoms with van der Waals surface area (Å²) in [5.74, 6) is 0.251. The number of methoxy groups -OCH3 is 1. The van der Waals surface area contributed by atoms with Crippen molar-refractivity contribution in [3.63, 3.8) is 0 Å². The number of amides is 1. The van der Waals surface area contributed by atoms with Crippen molar-refractivity contribution in [3.05, 3.63) is 90.0 Å². The highest BCUT2D eigenvalue weighted by atomic mass is 32.2. The first-order chi connectivity index (χ1) is 15.4. The van der Waals surface area contributed by atoms with Crippen LogP contribution in [0.2, 0.25) is 0 Å². The van der Waals surface area contributed by atoms with E-state index >= 15 is 0 Å². The molecule has 0 aromatic heterocycles. The third-order valence-corrected chi connectivity index (χ3v) is 7.00. The van der Waals surface area contributed by atoms with E-state index < -0.39 is 10.0 Å². The number of hydrogen-bond acceptors (Lipinski definition) is 4. The van der Waals surface area contributed by atoms with Crippen molar-refractivity contribution >= 4 is 21.6 Å². The summed E-state index contributed by atoms with van der Waals surface area (Å²) >= 11 is 0. The van der Waals surface area contributed by atoms with Crippen LogP contribution in [-0.2, 0) is 16.6 Å². The second-order valence-electron chi connectivity index (χ2n) is 7.17. The molecule has 0 aliphatic rings. The van der Waals surface area contributed by atoms with E-state index in [1.165, 1.54) is 23.5 Å². The Kier molecular flexibility index (Phi) is 7.53. The van der Waals surface area contributed by atoms with Crippen molar-refractivity contribution in [2.24, 2.45) is 0 Å². The predicted molar refractivity (Wildman–Crippen MR) is 126 cm³/mol. The fraction of sp³-hybridized carbons (Fsp3) is 0.240. The Balaban J connectivity index is 2.10. The molecule has 0 saturated carbocycles. The molecule has 0 spiro atoms. The fourth-order valence-corrected chi connectivity index (χ4v) is 5.00. The SMILES string of the molecule is CCN(CC)C(=O)c1cccc(S(=O)(=O)N(Cc2ccccc2)c2ccccc2OC)c1. The number of ether oxygens (including phenoxy) is 1.